The lowest BCUT2D eigenvalue weighted by Crippen LogP contribution is -2.24. The Morgan fingerprint density at radius 3 is 2.41 bits per heavy atom. The molecule has 1 aromatic carbocycles. The fourth-order valence-corrected chi connectivity index (χ4v) is 4.27. The van der Waals surface area contributed by atoms with Gasteiger partial charge in [0, 0.05) is 24.7 Å². The number of aromatic amines is 1. The number of aryl methyl sites for hydroxylation is 2. The van der Waals surface area contributed by atoms with Crippen molar-refractivity contribution in [3.05, 3.63) is 52.5 Å². The van der Waals surface area contributed by atoms with Crippen LogP contribution in [0, 0.1) is 25.5 Å². The van der Waals surface area contributed by atoms with Crippen LogP contribution in [0.5, 0.6) is 0 Å². The molecule has 2 aromatic heterocycles. The number of hydrogen-bond donors (Lipinski definition) is 2. The average molecular weight is 396 g/mol. The molecule has 0 spiro atoms. The lowest BCUT2D eigenvalue weighted by molar-refractivity contribution is 0.511. The highest BCUT2D eigenvalue weighted by Gasteiger charge is 2.26. The number of nitrogens with zero attached hydrogens (tertiary/aromatic N) is 2. The lowest BCUT2D eigenvalue weighted by atomic mass is 10.2. The molecule has 0 bridgehead atoms. The molecule has 3 rings (SSSR count). The van der Waals surface area contributed by atoms with Gasteiger partial charge in [-0.2, -0.15) is 0 Å². The molecule has 0 atom stereocenters. The minimum Gasteiger partial charge on any atom is -0.419 e. The monoisotopic (exact) mass is 396 g/mol. The maximum absolute atomic E-state index is 13.3. The van der Waals surface area contributed by atoms with Crippen molar-refractivity contribution in [3.8, 4) is 11.6 Å². The molecule has 0 aliphatic rings. The van der Waals surface area contributed by atoms with Crippen molar-refractivity contribution in [1.82, 2.24) is 19.9 Å². The van der Waals surface area contributed by atoms with Gasteiger partial charge >= 0.3 is 0 Å². The zero-order valence-corrected chi connectivity index (χ0v) is 15.7. The van der Waals surface area contributed by atoms with Crippen molar-refractivity contribution in [2.24, 2.45) is 0 Å². The molecule has 0 saturated heterocycles. The normalized spacial score (nSPS) is 11.9. The molecule has 2 heterocycles. The summed E-state index contributed by atoms with van der Waals surface area (Å²) in [5, 5.41) is 7.79. The van der Waals surface area contributed by atoms with E-state index in [1.165, 1.54) is 0 Å². The number of benzene rings is 1. The van der Waals surface area contributed by atoms with Gasteiger partial charge in [-0.05, 0) is 37.1 Å². The van der Waals surface area contributed by atoms with Gasteiger partial charge in [0.1, 0.15) is 22.2 Å². The molecule has 0 aliphatic carbocycles. The average Bonchev–Trinajstić information content (AvgIpc) is 3.16. The molecule has 0 aliphatic heterocycles. The number of aromatic nitrogens is 3. The van der Waals surface area contributed by atoms with Gasteiger partial charge in [0.05, 0.1) is 0 Å². The zero-order valence-electron chi connectivity index (χ0n) is 14.9. The van der Waals surface area contributed by atoms with Crippen LogP contribution >= 0.6 is 0 Å². The Balaban J connectivity index is 1.90. The van der Waals surface area contributed by atoms with Crippen molar-refractivity contribution >= 4 is 10.0 Å². The predicted octanol–water partition coefficient (Wildman–Crippen LogP) is 3.00. The van der Waals surface area contributed by atoms with Crippen LogP contribution in [-0.4, -0.2) is 23.6 Å². The van der Waals surface area contributed by atoms with Crippen LogP contribution in [0.1, 0.15) is 29.6 Å². The minimum atomic E-state index is -3.95. The van der Waals surface area contributed by atoms with Gasteiger partial charge in [0.25, 0.3) is 5.89 Å². The van der Waals surface area contributed by atoms with Crippen LogP contribution in [0.25, 0.3) is 11.6 Å². The maximum atomic E-state index is 13.3. The maximum Gasteiger partial charge on any atom is 0.264 e. The van der Waals surface area contributed by atoms with Gasteiger partial charge in [-0.1, -0.05) is 6.92 Å². The Bertz CT molecular complexity index is 1070. The fourth-order valence-electron chi connectivity index (χ4n) is 2.81. The standard InChI is InChI=1S/C17H18F2N4O3S/c1-4-14-22-23-17(26-14)15-9(2)16(10(3)21-15)27(24,25)20-8-11-5-12(18)7-13(19)6-11/h5-7,20-21H,4,8H2,1-3H3. The van der Waals surface area contributed by atoms with Crippen molar-refractivity contribution < 1.29 is 21.6 Å². The first kappa shape index (κ1) is 19.2. The van der Waals surface area contributed by atoms with Gasteiger partial charge in [-0.15, -0.1) is 10.2 Å². The molecule has 3 aromatic rings. The topological polar surface area (TPSA) is 101 Å². The summed E-state index contributed by atoms with van der Waals surface area (Å²) in [5.41, 5.74) is 1.39. The second-order valence-electron chi connectivity index (χ2n) is 6.04. The molecule has 144 valence electrons. The number of rotatable bonds is 6. The van der Waals surface area contributed by atoms with E-state index >= 15 is 0 Å². The second kappa shape index (κ2) is 7.20. The molecule has 2 N–H and O–H groups in total. The van der Waals surface area contributed by atoms with Crippen LogP contribution in [0.2, 0.25) is 0 Å². The van der Waals surface area contributed by atoms with E-state index in [2.05, 4.69) is 19.9 Å². The smallest absolute Gasteiger partial charge is 0.264 e. The second-order valence-corrected chi connectivity index (χ2v) is 7.74. The quantitative estimate of drug-likeness (QED) is 0.667. The largest absolute Gasteiger partial charge is 0.419 e. The summed E-state index contributed by atoms with van der Waals surface area (Å²) in [6.45, 7) is 4.82. The van der Waals surface area contributed by atoms with Crippen LogP contribution in [0.3, 0.4) is 0 Å². The highest BCUT2D eigenvalue weighted by Crippen LogP contribution is 2.30. The summed E-state index contributed by atoms with van der Waals surface area (Å²) in [5.74, 6) is -0.916. The first-order valence-electron chi connectivity index (χ1n) is 8.17. The van der Waals surface area contributed by atoms with Crippen molar-refractivity contribution in [2.45, 2.75) is 38.6 Å². The van der Waals surface area contributed by atoms with E-state index in [0.717, 1.165) is 18.2 Å². The SMILES string of the molecule is CCc1nnc(-c2[nH]c(C)c(S(=O)(=O)NCc3cc(F)cc(F)c3)c2C)o1. The van der Waals surface area contributed by atoms with Crippen LogP contribution in [-0.2, 0) is 23.0 Å². The van der Waals surface area contributed by atoms with Gasteiger partial charge in [-0.25, -0.2) is 21.9 Å². The van der Waals surface area contributed by atoms with Gasteiger partial charge in [0.15, 0.2) is 0 Å². The first-order valence-corrected chi connectivity index (χ1v) is 9.66. The number of halogens is 2. The number of H-pyrrole nitrogens is 1. The Kier molecular flexibility index (Phi) is 5.11. The Morgan fingerprint density at radius 2 is 1.81 bits per heavy atom. The van der Waals surface area contributed by atoms with E-state index in [0.29, 0.717) is 29.3 Å². The van der Waals surface area contributed by atoms with E-state index in [4.69, 9.17) is 4.42 Å². The molecule has 0 amide bonds. The lowest BCUT2D eigenvalue weighted by Gasteiger charge is -2.08. The van der Waals surface area contributed by atoms with E-state index < -0.39 is 21.7 Å². The summed E-state index contributed by atoms with van der Waals surface area (Å²) in [6, 6.07) is 2.86. The molecule has 0 radical (unpaired) electrons. The summed E-state index contributed by atoms with van der Waals surface area (Å²) < 4.78 is 59.9. The van der Waals surface area contributed by atoms with Crippen molar-refractivity contribution in [1.29, 1.82) is 0 Å². The van der Waals surface area contributed by atoms with E-state index in [1.807, 2.05) is 6.92 Å². The van der Waals surface area contributed by atoms with E-state index in [-0.39, 0.29) is 22.9 Å². The molecule has 7 nitrogen and oxygen atoms in total. The predicted molar refractivity (Wildman–Crippen MR) is 93.3 cm³/mol. The zero-order chi connectivity index (χ0) is 19.8. The number of nitrogens with one attached hydrogen (secondary N) is 2. The summed E-state index contributed by atoms with van der Waals surface area (Å²) in [4.78, 5) is 2.99. The number of sulfonamides is 1. The fraction of sp³-hybridized carbons (Fsp3) is 0.294. The highest BCUT2D eigenvalue weighted by atomic mass is 32.2. The van der Waals surface area contributed by atoms with Crippen molar-refractivity contribution in [2.75, 3.05) is 0 Å². The highest BCUT2D eigenvalue weighted by molar-refractivity contribution is 7.89. The molecule has 10 heteroatoms. The summed E-state index contributed by atoms with van der Waals surface area (Å²) in [7, 11) is -3.95. The van der Waals surface area contributed by atoms with Gasteiger partial charge in [0.2, 0.25) is 15.9 Å². The van der Waals surface area contributed by atoms with Crippen molar-refractivity contribution in [3.63, 3.8) is 0 Å². The van der Waals surface area contributed by atoms with Crippen LogP contribution in [0.15, 0.2) is 27.5 Å². The van der Waals surface area contributed by atoms with Gasteiger partial charge < -0.3 is 9.40 Å². The summed E-state index contributed by atoms with van der Waals surface area (Å²) in [6.07, 6.45) is 0.558. The molecular weight excluding hydrogens is 378 g/mol. The minimum absolute atomic E-state index is 0.0330. The molecule has 27 heavy (non-hydrogen) atoms. The van der Waals surface area contributed by atoms with Crippen LogP contribution < -0.4 is 4.72 Å². The van der Waals surface area contributed by atoms with E-state index in [1.54, 1.807) is 13.8 Å². The van der Waals surface area contributed by atoms with Gasteiger partial charge in [-0.3, -0.25) is 0 Å². The first-order chi connectivity index (χ1) is 12.7. The third kappa shape index (κ3) is 3.91. The van der Waals surface area contributed by atoms with E-state index in [9.17, 15) is 17.2 Å². The number of hydrogen-bond acceptors (Lipinski definition) is 5. The third-order valence-electron chi connectivity index (χ3n) is 4.01. The Hall–Kier alpha value is -2.59. The molecule has 0 fully saturated rings. The Labute approximate surface area is 154 Å². The summed E-state index contributed by atoms with van der Waals surface area (Å²) >= 11 is 0. The molecular formula is C17H18F2N4O3S. The molecule has 0 unspecified atom stereocenters. The third-order valence-corrected chi connectivity index (χ3v) is 5.68. The molecule has 0 saturated carbocycles. The van der Waals surface area contributed by atoms with Crippen LogP contribution in [0.4, 0.5) is 8.78 Å². The Morgan fingerprint density at radius 1 is 1.15 bits per heavy atom.